The van der Waals surface area contributed by atoms with E-state index in [1.54, 1.807) is 6.20 Å². The highest BCUT2D eigenvalue weighted by Crippen LogP contribution is 2.36. The molecule has 7 heteroatoms. The van der Waals surface area contributed by atoms with Gasteiger partial charge in [-0.15, -0.1) is 0 Å². The number of nitrogens with zero attached hydrogens (tertiary/aromatic N) is 4. The molecule has 27 heavy (non-hydrogen) atoms. The summed E-state index contributed by atoms with van der Waals surface area (Å²) in [5.74, 6) is 0.649. The number of aromatic amines is 1. The molecule has 2 aliphatic rings. The van der Waals surface area contributed by atoms with Crippen molar-refractivity contribution in [3.63, 3.8) is 0 Å². The number of H-pyrrole nitrogens is 1. The Labute approximate surface area is 158 Å². The first-order valence-corrected chi connectivity index (χ1v) is 9.93. The summed E-state index contributed by atoms with van der Waals surface area (Å²) in [4.78, 5) is 4.52. The van der Waals surface area contributed by atoms with E-state index in [0.29, 0.717) is 11.9 Å². The van der Waals surface area contributed by atoms with Gasteiger partial charge in [0.15, 0.2) is 0 Å². The minimum Gasteiger partial charge on any atom is -0.474 e. The molecule has 0 amide bonds. The Balaban J connectivity index is 1.53. The molecule has 0 radical (unpaired) electrons. The van der Waals surface area contributed by atoms with Crippen molar-refractivity contribution in [1.29, 1.82) is 0 Å². The highest BCUT2D eigenvalue weighted by Gasteiger charge is 2.24. The molecular formula is C20H25N5O2. The van der Waals surface area contributed by atoms with Gasteiger partial charge in [0.25, 0.3) is 0 Å². The number of nitrogens with one attached hydrogen (secondary N) is 1. The maximum Gasteiger partial charge on any atom is 0.225 e. The monoisotopic (exact) mass is 367 g/mol. The van der Waals surface area contributed by atoms with Crippen molar-refractivity contribution in [1.82, 2.24) is 25.0 Å². The highest BCUT2D eigenvalue weighted by atomic mass is 16.5. The van der Waals surface area contributed by atoms with E-state index < -0.39 is 0 Å². The molecule has 4 heterocycles. The van der Waals surface area contributed by atoms with E-state index in [4.69, 9.17) is 14.6 Å². The van der Waals surface area contributed by atoms with Gasteiger partial charge in [-0.2, -0.15) is 10.2 Å². The summed E-state index contributed by atoms with van der Waals surface area (Å²) in [6, 6.07) is 2.46. The van der Waals surface area contributed by atoms with E-state index in [1.165, 1.54) is 25.7 Å². The third-order valence-corrected chi connectivity index (χ3v) is 5.76. The van der Waals surface area contributed by atoms with E-state index in [1.807, 2.05) is 6.07 Å². The molecule has 2 fully saturated rings. The SMILES string of the molecule is Cc1nn(C2CCCC2)cc1-c1n[nH]c2ccnc(OC3CCOCC3)c12. The Hall–Kier alpha value is -2.41. The fourth-order valence-corrected chi connectivity index (χ4v) is 4.24. The lowest BCUT2D eigenvalue weighted by Gasteiger charge is -2.23. The standard InChI is InChI=1S/C20H25N5O2/c1-13-16(12-25(24-13)14-4-2-3-5-14)19-18-17(22-23-19)6-9-21-20(18)27-15-7-10-26-11-8-15/h6,9,12,14-15H,2-5,7-8,10-11H2,1H3,(H,22,23). The second kappa shape index (κ2) is 6.96. The summed E-state index contributed by atoms with van der Waals surface area (Å²) in [7, 11) is 0. The van der Waals surface area contributed by atoms with Crippen LogP contribution in [0.15, 0.2) is 18.5 Å². The summed E-state index contributed by atoms with van der Waals surface area (Å²) in [5.41, 5.74) is 3.87. The predicted octanol–water partition coefficient (Wildman–Crippen LogP) is 3.80. The highest BCUT2D eigenvalue weighted by molar-refractivity contribution is 5.96. The molecule has 142 valence electrons. The lowest BCUT2D eigenvalue weighted by Crippen LogP contribution is -2.26. The summed E-state index contributed by atoms with van der Waals surface area (Å²) in [5, 5.41) is 13.5. The molecule has 0 unspecified atom stereocenters. The van der Waals surface area contributed by atoms with E-state index in [2.05, 4.69) is 33.0 Å². The molecule has 1 saturated heterocycles. The van der Waals surface area contributed by atoms with Crippen LogP contribution in [-0.4, -0.2) is 44.3 Å². The first-order valence-electron chi connectivity index (χ1n) is 9.93. The summed E-state index contributed by atoms with van der Waals surface area (Å²) < 4.78 is 13.8. The van der Waals surface area contributed by atoms with Gasteiger partial charge in [-0.05, 0) is 25.8 Å². The van der Waals surface area contributed by atoms with Crippen LogP contribution in [0.1, 0.15) is 50.3 Å². The largest absolute Gasteiger partial charge is 0.474 e. The zero-order chi connectivity index (χ0) is 18.2. The molecule has 1 N–H and O–H groups in total. The third kappa shape index (κ3) is 3.10. The predicted molar refractivity (Wildman–Crippen MR) is 102 cm³/mol. The van der Waals surface area contributed by atoms with E-state index in [-0.39, 0.29) is 6.10 Å². The lowest BCUT2D eigenvalue weighted by atomic mass is 10.1. The molecule has 0 atom stereocenters. The average Bonchev–Trinajstić information content (AvgIpc) is 3.42. The molecule has 1 saturated carbocycles. The van der Waals surface area contributed by atoms with Gasteiger partial charge in [0.2, 0.25) is 5.88 Å². The second-order valence-corrected chi connectivity index (χ2v) is 7.59. The van der Waals surface area contributed by atoms with Crippen molar-refractivity contribution in [2.24, 2.45) is 0 Å². The number of pyridine rings is 1. The van der Waals surface area contributed by atoms with Crippen LogP contribution in [-0.2, 0) is 4.74 Å². The zero-order valence-electron chi connectivity index (χ0n) is 15.6. The molecule has 5 rings (SSSR count). The fourth-order valence-electron chi connectivity index (χ4n) is 4.24. The Kier molecular flexibility index (Phi) is 4.32. The minimum absolute atomic E-state index is 0.141. The van der Waals surface area contributed by atoms with Crippen molar-refractivity contribution in [3.8, 4) is 17.1 Å². The van der Waals surface area contributed by atoms with Gasteiger partial charge >= 0.3 is 0 Å². The van der Waals surface area contributed by atoms with Crippen LogP contribution in [0.25, 0.3) is 22.2 Å². The molecular weight excluding hydrogens is 342 g/mol. The van der Waals surface area contributed by atoms with Crippen LogP contribution in [0.4, 0.5) is 0 Å². The van der Waals surface area contributed by atoms with Crippen LogP contribution in [0.5, 0.6) is 5.88 Å². The van der Waals surface area contributed by atoms with Crippen molar-refractivity contribution in [3.05, 3.63) is 24.2 Å². The normalized spacial score (nSPS) is 19.1. The van der Waals surface area contributed by atoms with Gasteiger partial charge in [-0.3, -0.25) is 9.78 Å². The Bertz CT molecular complexity index is 935. The van der Waals surface area contributed by atoms with Crippen molar-refractivity contribution in [2.75, 3.05) is 13.2 Å². The lowest BCUT2D eigenvalue weighted by molar-refractivity contribution is 0.0244. The van der Waals surface area contributed by atoms with Crippen LogP contribution >= 0.6 is 0 Å². The van der Waals surface area contributed by atoms with Crippen LogP contribution in [0, 0.1) is 6.92 Å². The summed E-state index contributed by atoms with van der Waals surface area (Å²) in [6.45, 7) is 3.54. The number of hydrogen-bond acceptors (Lipinski definition) is 5. The average molecular weight is 367 g/mol. The van der Waals surface area contributed by atoms with Crippen LogP contribution in [0.3, 0.4) is 0 Å². The maximum absolute atomic E-state index is 6.26. The molecule has 0 aromatic carbocycles. The maximum atomic E-state index is 6.26. The Morgan fingerprint density at radius 3 is 2.81 bits per heavy atom. The van der Waals surface area contributed by atoms with Gasteiger partial charge in [0.05, 0.1) is 35.9 Å². The molecule has 1 aliphatic carbocycles. The van der Waals surface area contributed by atoms with E-state index in [0.717, 1.165) is 53.9 Å². The van der Waals surface area contributed by atoms with Gasteiger partial charge in [-0.25, -0.2) is 4.98 Å². The number of fused-ring (bicyclic) bond motifs is 1. The van der Waals surface area contributed by atoms with Gasteiger partial charge in [0.1, 0.15) is 11.8 Å². The first kappa shape index (κ1) is 16.7. The summed E-state index contributed by atoms with van der Waals surface area (Å²) >= 11 is 0. The van der Waals surface area contributed by atoms with Crippen molar-refractivity contribution in [2.45, 2.75) is 57.6 Å². The van der Waals surface area contributed by atoms with Crippen LogP contribution in [0.2, 0.25) is 0 Å². The van der Waals surface area contributed by atoms with Gasteiger partial charge in [-0.1, -0.05) is 12.8 Å². The Morgan fingerprint density at radius 2 is 2.00 bits per heavy atom. The van der Waals surface area contributed by atoms with Crippen LogP contribution < -0.4 is 4.74 Å². The number of aromatic nitrogens is 5. The third-order valence-electron chi connectivity index (χ3n) is 5.76. The number of aryl methyl sites for hydroxylation is 1. The van der Waals surface area contributed by atoms with Gasteiger partial charge in [0, 0.05) is 30.8 Å². The topological polar surface area (TPSA) is 77.9 Å². The molecule has 0 spiro atoms. The zero-order valence-corrected chi connectivity index (χ0v) is 15.6. The molecule has 3 aromatic heterocycles. The molecule has 7 nitrogen and oxygen atoms in total. The number of ether oxygens (including phenoxy) is 2. The Morgan fingerprint density at radius 1 is 1.19 bits per heavy atom. The second-order valence-electron chi connectivity index (χ2n) is 7.59. The molecule has 3 aromatic rings. The molecule has 0 bridgehead atoms. The minimum atomic E-state index is 0.141. The van der Waals surface area contributed by atoms with Gasteiger partial charge < -0.3 is 9.47 Å². The smallest absolute Gasteiger partial charge is 0.225 e. The quantitative estimate of drug-likeness (QED) is 0.759. The molecule has 1 aliphatic heterocycles. The van der Waals surface area contributed by atoms with E-state index >= 15 is 0 Å². The summed E-state index contributed by atoms with van der Waals surface area (Å²) in [6.07, 6.45) is 10.8. The fraction of sp³-hybridized carbons (Fsp3) is 0.550. The number of rotatable bonds is 4. The first-order chi connectivity index (χ1) is 13.3. The van der Waals surface area contributed by atoms with Crippen molar-refractivity contribution >= 4 is 10.9 Å². The number of hydrogen-bond donors (Lipinski definition) is 1. The van der Waals surface area contributed by atoms with Crippen molar-refractivity contribution < 1.29 is 9.47 Å². The van der Waals surface area contributed by atoms with E-state index in [9.17, 15) is 0 Å².